The molecule has 0 saturated heterocycles. The van der Waals surface area contributed by atoms with Crippen molar-refractivity contribution in [1.29, 1.82) is 0 Å². The van der Waals surface area contributed by atoms with Crippen LogP contribution < -0.4 is 4.52 Å². The van der Waals surface area contributed by atoms with Gasteiger partial charge in [-0.3, -0.25) is 4.57 Å². The molecule has 4 nitrogen and oxygen atoms in total. The lowest BCUT2D eigenvalue weighted by atomic mass is 10.2. The number of carboxylic acids is 1. The van der Waals surface area contributed by atoms with E-state index in [2.05, 4.69) is 0 Å². The molecule has 1 rings (SSSR count). The number of carbonyl (C=O) groups is 1. The summed E-state index contributed by atoms with van der Waals surface area (Å²) in [7, 11) is -2.57. The molecule has 0 amide bonds. The first-order valence-corrected chi connectivity index (χ1v) is 6.48. The molecule has 5 heteroatoms. The quantitative estimate of drug-likeness (QED) is 0.784. The summed E-state index contributed by atoms with van der Waals surface area (Å²) in [5, 5.41) is 8.61. The molecule has 0 aliphatic rings. The molecule has 0 bridgehead atoms. The molecule has 0 aliphatic heterocycles. The van der Waals surface area contributed by atoms with Crippen molar-refractivity contribution in [2.45, 2.75) is 0 Å². The third-order valence-electron chi connectivity index (χ3n) is 1.43. The minimum Gasteiger partial charge on any atom is -0.478 e. The Morgan fingerprint density at radius 3 is 2.14 bits per heavy atom. The van der Waals surface area contributed by atoms with Gasteiger partial charge in [-0.05, 0) is 24.3 Å². The van der Waals surface area contributed by atoms with Gasteiger partial charge in [0.1, 0.15) is 5.75 Å². The molecule has 0 unspecified atom stereocenters. The first-order chi connectivity index (χ1) is 6.38. The Kier molecular flexibility index (Phi) is 2.96. The van der Waals surface area contributed by atoms with E-state index in [1.54, 1.807) is 0 Å². The van der Waals surface area contributed by atoms with Gasteiger partial charge in [0.2, 0.25) is 7.37 Å². The van der Waals surface area contributed by atoms with E-state index in [1.165, 1.54) is 37.6 Å². The van der Waals surface area contributed by atoms with Crippen molar-refractivity contribution in [2.75, 3.05) is 13.3 Å². The van der Waals surface area contributed by atoms with Gasteiger partial charge in [-0.1, -0.05) is 0 Å². The van der Waals surface area contributed by atoms with Crippen molar-refractivity contribution in [1.82, 2.24) is 0 Å². The fourth-order valence-corrected chi connectivity index (χ4v) is 1.54. The van der Waals surface area contributed by atoms with E-state index in [0.29, 0.717) is 5.75 Å². The van der Waals surface area contributed by atoms with E-state index in [-0.39, 0.29) is 5.56 Å². The lowest BCUT2D eigenvalue weighted by Crippen LogP contribution is -1.95. The molecule has 1 aromatic rings. The van der Waals surface area contributed by atoms with E-state index >= 15 is 0 Å². The number of benzene rings is 1. The van der Waals surface area contributed by atoms with Crippen molar-refractivity contribution in [3.63, 3.8) is 0 Å². The van der Waals surface area contributed by atoms with Crippen LogP contribution in [-0.4, -0.2) is 24.4 Å². The predicted molar refractivity (Wildman–Crippen MR) is 53.5 cm³/mol. The minimum atomic E-state index is -2.57. The molecule has 0 fully saturated rings. The molecule has 0 aliphatic carbocycles. The van der Waals surface area contributed by atoms with Crippen LogP contribution in [0.25, 0.3) is 0 Å². The SMILES string of the molecule is CP(C)(=O)Oc1ccc(C(=O)O)cc1. The average Bonchev–Trinajstić information content (AvgIpc) is 2.02. The normalized spacial score (nSPS) is 11.0. The molecule has 1 aromatic carbocycles. The van der Waals surface area contributed by atoms with Crippen LogP contribution in [0.1, 0.15) is 10.4 Å². The van der Waals surface area contributed by atoms with Crippen molar-refractivity contribution in [2.24, 2.45) is 0 Å². The van der Waals surface area contributed by atoms with Gasteiger partial charge in [0, 0.05) is 13.3 Å². The van der Waals surface area contributed by atoms with Crippen LogP contribution in [0.3, 0.4) is 0 Å². The van der Waals surface area contributed by atoms with Gasteiger partial charge in [-0.15, -0.1) is 0 Å². The zero-order chi connectivity index (χ0) is 10.8. The lowest BCUT2D eigenvalue weighted by Gasteiger charge is -2.09. The maximum atomic E-state index is 11.3. The molecule has 0 radical (unpaired) electrons. The minimum absolute atomic E-state index is 0.180. The summed E-state index contributed by atoms with van der Waals surface area (Å²) < 4.78 is 16.4. The summed E-state index contributed by atoms with van der Waals surface area (Å²) in [6, 6.07) is 5.80. The molecule has 0 saturated carbocycles. The summed E-state index contributed by atoms with van der Waals surface area (Å²) in [5.41, 5.74) is 0.180. The van der Waals surface area contributed by atoms with E-state index in [1.807, 2.05) is 0 Å². The van der Waals surface area contributed by atoms with Crippen molar-refractivity contribution < 1.29 is 19.0 Å². The summed E-state index contributed by atoms with van der Waals surface area (Å²) in [6.45, 7) is 3.00. The average molecular weight is 214 g/mol. The Balaban J connectivity index is 2.84. The Labute approximate surface area is 82.0 Å². The first kappa shape index (κ1) is 10.8. The number of hydrogen-bond acceptors (Lipinski definition) is 3. The third kappa shape index (κ3) is 3.23. The number of carboxylic acid groups (broad SMARTS) is 1. The van der Waals surface area contributed by atoms with E-state index in [0.717, 1.165) is 0 Å². The van der Waals surface area contributed by atoms with Gasteiger partial charge in [0.15, 0.2) is 0 Å². The highest BCUT2D eigenvalue weighted by atomic mass is 31.2. The van der Waals surface area contributed by atoms with Crippen LogP contribution in [0, 0.1) is 0 Å². The second-order valence-electron chi connectivity index (χ2n) is 3.17. The van der Waals surface area contributed by atoms with Gasteiger partial charge in [0.25, 0.3) is 0 Å². The van der Waals surface area contributed by atoms with Crippen molar-refractivity contribution in [3.8, 4) is 5.75 Å². The second kappa shape index (κ2) is 3.84. The first-order valence-electron chi connectivity index (χ1n) is 3.96. The molecule has 0 heterocycles. The van der Waals surface area contributed by atoms with Crippen LogP contribution >= 0.6 is 7.37 Å². The van der Waals surface area contributed by atoms with Gasteiger partial charge in [-0.25, -0.2) is 4.79 Å². The maximum absolute atomic E-state index is 11.3. The van der Waals surface area contributed by atoms with Crippen molar-refractivity contribution in [3.05, 3.63) is 29.8 Å². The second-order valence-corrected chi connectivity index (χ2v) is 5.86. The summed E-state index contributed by atoms with van der Waals surface area (Å²) >= 11 is 0. The van der Waals surface area contributed by atoms with E-state index in [9.17, 15) is 9.36 Å². The van der Waals surface area contributed by atoms with Crippen molar-refractivity contribution >= 4 is 13.3 Å². The molecular formula is C9H11O4P. The number of rotatable bonds is 3. The zero-order valence-corrected chi connectivity index (χ0v) is 8.82. The maximum Gasteiger partial charge on any atom is 0.335 e. The highest BCUT2D eigenvalue weighted by Gasteiger charge is 2.09. The Hall–Kier alpha value is -1.28. The van der Waals surface area contributed by atoms with Crippen LogP contribution in [0.15, 0.2) is 24.3 Å². The highest BCUT2D eigenvalue weighted by Crippen LogP contribution is 2.38. The molecule has 1 N–H and O–H groups in total. The number of hydrogen-bond donors (Lipinski definition) is 1. The van der Waals surface area contributed by atoms with Crippen LogP contribution in [-0.2, 0) is 4.57 Å². The fourth-order valence-electron chi connectivity index (χ4n) is 0.912. The third-order valence-corrected chi connectivity index (χ3v) is 2.08. The smallest absolute Gasteiger partial charge is 0.335 e. The molecule has 14 heavy (non-hydrogen) atoms. The van der Waals surface area contributed by atoms with Crippen LogP contribution in [0.2, 0.25) is 0 Å². The van der Waals surface area contributed by atoms with Gasteiger partial charge >= 0.3 is 5.97 Å². The highest BCUT2D eigenvalue weighted by molar-refractivity contribution is 7.57. The molecule has 76 valence electrons. The van der Waals surface area contributed by atoms with E-state index in [4.69, 9.17) is 9.63 Å². The monoisotopic (exact) mass is 214 g/mol. The lowest BCUT2D eigenvalue weighted by molar-refractivity contribution is 0.0697. The number of aromatic carboxylic acids is 1. The fraction of sp³-hybridized carbons (Fsp3) is 0.222. The standard InChI is InChI=1S/C9H11O4P/c1-14(2,12)13-8-5-3-7(4-6-8)9(10)11/h3-6H,1-2H3,(H,10,11). The predicted octanol–water partition coefficient (Wildman–Crippen LogP) is 2.30. The summed E-state index contributed by atoms with van der Waals surface area (Å²) in [6.07, 6.45) is 0. The summed E-state index contributed by atoms with van der Waals surface area (Å²) in [4.78, 5) is 10.5. The molecule has 0 aromatic heterocycles. The Morgan fingerprint density at radius 2 is 1.79 bits per heavy atom. The van der Waals surface area contributed by atoms with Crippen LogP contribution in [0.4, 0.5) is 0 Å². The molecule has 0 atom stereocenters. The van der Waals surface area contributed by atoms with Gasteiger partial charge in [0.05, 0.1) is 5.56 Å². The summed E-state index contributed by atoms with van der Waals surface area (Å²) in [5.74, 6) is -0.573. The molecule has 0 spiro atoms. The molecular weight excluding hydrogens is 203 g/mol. The van der Waals surface area contributed by atoms with Gasteiger partial charge in [-0.2, -0.15) is 0 Å². The topological polar surface area (TPSA) is 63.6 Å². The zero-order valence-electron chi connectivity index (χ0n) is 7.93. The van der Waals surface area contributed by atoms with Crippen LogP contribution in [0.5, 0.6) is 5.75 Å². The van der Waals surface area contributed by atoms with E-state index < -0.39 is 13.3 Å². The Bertz CT molecular complexity index is 376. The largest absolute Gasteiger partial charge is 0.478 e. The van der Waals surface area contributed by atoms with Gasteiger partial charge < -0.3 is 9.63 Å². The Morgan fingerprint density at radius 1 is 1.29 bits per heavy atom.